The molecule has 0 spiro atoms. The summed E-state index contributed by atoms with van der Waals surface area (Å²) < 4.78 is 42.4. The summed E-state index contributed by atoms with van der Waals surface area (Å²) in [4.78, 5) is 7.82. The van der Waals surface area contributed by atoms with Gasteiger partial charge in [0.2, 0.25) is 16.0 Å². The molecular weight excluding hydrogens is 411 g/mol. The SMILES string of the molecule is COc1cc(Nc2ncc(F)c(Nc3ccc(CC#N)cc3)n2)ccc1S(N)(=O)=O. The van der Waals surface area contributed by atoms with Crippen LogP contribution in [0.25, 0.3) is 0 Å². The van der Waals surface area contributed by atoms with Crippen LogP contribution in [0.3, 0.4) is 0 Å². The average Bonchev–Trinajstić information content (AvgIpc) is 2.71. The van der Waals surface area contributed by atoms with Crippen LogP contribution in [0.15, 0.2) is 53.6 Å². The zero-order valence-electron chi connectivity index (χ0n) is 15.8. The quantitative estimate of drug-likeness (QED) is 0.521. The number of aromatic nitrogens is 2. The van der Waals surface area contributed by atoms with Gasteiger partial charge in [0.1, 0.15) is 10.6 Å². The molecule has 1 aromatic heterocycles. The third-order valence-electron chi connectivity index (χ3n) is 3.97. The molecule has 0 bridgehead atoms. The predicted molar refractivity (Wildman–Crippen MR) is 109 cm³/mol. The van der Waals surface area contributed by atoms with E-state index in [0.717, 1.165) is 11.8 Å². The summed E-state index contributed by atoms with van der Waals surface area (Å²) in [5.74, 6) is -0.608. The number of anilines is 4. The minimum atomic E-state index is -3.95. The van der Waals surface area contributed by atoms with Crippen molar-refractivity contribution in [2.24, 2.45) is 5.14 Å². The zero-order chi connectivity index (χ0) is 21.7. The van der Waals surface area contributed by atoms with Crippen molar-refractivity contribution >= 4 is 33.2 Å². The summed E-state index contributed by atoms with van der Waals surface area (Å²) in [6.07, 6.45) is 1.28. The molecular formula is C19H17FN6O3S. The first-order chi connectivity index (χ1) is 14.3. The summed E-state index contributed by atoms with van der Waals surface area (Å²) >= 11 is 0. The molecule has 0 unspecified atom stereocenters. The lowest BCUT2D eigenvalue weighted by molar-refractivity contribution is 0.403. The van der Waals surface area contributed by atoms with Crippen molar-refractivity contribution in [3.05, 3.63) is 60.0 Å². The Balaban J connectivity index is 1.82. The van der Waals surface area contributed by atoms with Gasteiger partial charge in [0.25, 0.3) is 0 Å². The molecule has 30 heavy (non-hydrogen) atoms. The molecule has 9 nitrogen and oxygen atoms in total. The number of halogens is 1. The van der Waals surface area contributed by atoms with E-state index >= 15 is 0 Å². The Hall–Kier alpha value is -3.75. The smallest absolute Gasteiger partial charge is 0.241 e. The molecule has 0 saturated heterocycles. The van der Waals surface area contributed by atoms with Crippen LogP contribution in [-0.2, 0) is 16.4 Å². The standard InChI is InChI=1S/C19H17FN6O3S/c1-29-16-10-14(6-7-17(16)30(22,27)28)25-19-23-11-15(20)18(26-19)24-13-4-2-12(3-5-13)8-9-21/h2-7,10-11H,8H2,1H3,(H2,22,27,28)(H2,23,24,25,26). The number of methoxy groups -OCH3 is 1. The highest BCUT2D eigenvalue weighted by Crippen LogP contribution is 2.28. The van der Waals surface area contributed by atoms with E-state index in [9.17, 15) is 12.8 Å². The number of hydrogen-bond donors (Lipinski definition) is 3. The number of nitrogens with two attached hydrogens (primary N) is 1. The van der Waals surface area contributed by atoms with Gasteiger partial charge in [-0.15, -0.1) is 0 Å². The van der Waals surface area contributed by atoms with Gasteiger partial charge in [-0.3, -0.25) is 0 Å². The van der Waals surface area contributed by atoms with Gasteiger partial charge in [-0.25, -0.2) is 22.9 Å². The van der Waals surface area contributed by atoms with Gasteiger partial charge in [0.15, 0.2) is 11.6 Å². The van der Waals surface area contributed by atoms with Crippen LogP contribution < -0.4 is 20.5 Å². The van der Waals surface area contributed by atoms with E-state index in [0.29, 0.717) is 11.4 Å². The largest absolute Gasteiger partial charge is 0.495 e. The first-order valence-electron chi connectivity index (χ1n) is 8.53. The fourth-order valence-corrected chi connectivity index (χ4v) is 3.24. The molecule has 0 saturated carbocycles. The molecule has 3 rings (SSSR count). The van der Waals surface area contributed by atoms with Gasteiger partial charge in [-0.2, -0.15) is 10.2 Å². The minimum absolute atomic E-state index is 0.0421. The predicted octanol–water partition coefficient (Wildman–Crippen LogP) is 2.82. The monoisotopic (exact) mass is 428 g/mol. The molecule has 4 N–H and O–H groups in total. The van der Waals surface area contributed by atoms with Crippen LogP contribution >= 0.6 is 0 Å². The Kier molecular flexibility index (Phi) is 6.10. The zero-order valence-corrected chi connectivity index (χ0v) is 16.6. The number of benzene rings is 2. The molecule has 1 heterocycles. The molecule has 0 atom stereocenters. The van der Waals surface area contributed by atoms with E-state index in [1.165, 1.54) is 25.3 Å². The van der Waals surface area contributed by atoms with Crippen molar-refractivity contribution in [1.82, 2.24) is 9.97 Å². The molecule has 0 aliphatic rings. The summed E-state index contributed by atoms with van der Waals surface area (Å²) in [5, 5.41) is 19.6. The minimum Gasteiger partial charge on any atom is -0.495 e. The summed E-state index contributed by atoms with van der Waals surface area (Å²) in [7, 11) is -2.64. The number of hydrogen-bond acceptors (Lipinski definition) is 8. The van der Waals surface area contributed by atoms with Crippen LogP contribution in [0.1, 0.15) is 5.56 Å². The lowest BCUT2D eigenvalue weighted by Crippen LogP contribution is -2.13. The molecule has 11 heteroatoms. The summed E-state index contributed by atoms with van der Waals surface area (Å²) in [6, 6.07) is 13.1. The van der Waals surface area contributed by atoms with Crippen molar-refractivity contribution < 1.29 is 17.5 Å². The number of primary sulfonamides is 1. The Morgan fingerprint density at radius 1 is 1.17 bits per heavy atom. The summed E-state index contributed by atoms with van der Waals surface area (Å²) in [5.41, 5.74) is 1.84. The molecule has 0 radical (unpaired) electrons. The Morgan fingerprint density at radius 2 is 1.87 bits per heavy atom. The van der Waals surface area contributed by atoms with E-state index in [2.05, 4.69) is 26.7 Å². The first kappa shape index (κ1) is 21.0. The highest BCUT2D eigenvalue weighted by molar-refractivity contribution is 7.89. The number of nitrogens with one attached hydrogen (secondary N) is 2. The Bertz CT molecular complexity index is 1210. The number of sulfonamides is 1. The van der Waals surface area contributed by atoms with Gasteiger partial charge in [0.05, 0.1) is 25.8 Å². The topological polar surface area (TPSA) is 143 Å². The van der Waals surface area contributed by atoms with Crippen molar-refractivity contribution in [2.75, 3.05) is 17.7 Å². The van der Waals surface area contributed by atoms with Gasteiger partial charge < -0.3 is 15.4 Å². The molecule has 0 aliphatic carbocycles. The van der Waals surface area contributed by atoms with Crippen LogP contribution in [0.4, 0.5) is 27.5 Å². The molecule has 2 aromatic carbocycles. The second-order valence-corrected chi connectivity index (χ2v) is 7.61. The number of ether oxygens (including phenoxy) is 1. The highest BCUT2D eigenvalue weighted by Gasteiger charge is 2.16. The second kappa shape index (κ2) is 8.73. The van der Waals surface area contributed by atoms with Gasteiger partial charge in [0, 0.05) is 17.4 Å². The van der Waals surface area contributed by atoms with Crippen LogP contribution in [0.2, 0.25) is 0 Å². The molecule has 154 valence electrons. The number of rotatable bonds is 7. The van der Waals surface area contributed by atoms with Crippen molar-refractivity contribution in [3.63, 3.8) is 0 Å². The van der Waals surface area contributed by atoms with Gasteiger partial charge in [-0.1, -0.05) is 12.1 Å². The molecule has 3 aromatic rings. The van der Waals surface area contributed by atoms with E-state index in [-0.39, 0.29) is 28.8 Å². The number of nitrogens with zero attached hydrogens (tertiary/aromatic N) is 3. The van der Waals surface area contributed by atoms with Crippen molar-refractivity contribution in [1.29, 1.82) is 5.26 Å². The van der Waals surface area contributed by atoms with E-state index < -0.39 is 15.8 Å². The second-order valence-electron chi connectivity index (χ2n) is 6.08. The van der Waals surface area contributed by atoms with Gasteiger partial charge in [-0.05, 0) is 29.8 Å². The first-order valence-corrected chi connectivity index (χ1v) is 10.1. The number of nitriles is 1. The average molecular weight is 428 g/mol. The third kappa shape index (κ3) is 4.99. The molecule has 0 aliphatic heterocycles. The molecule has 0 amide bonds. The maximum absolute atomic E-state index is 14.1. The van der Waals surface area contributed by atoms with E-state index in [1.54, 1.807) is 24.3 Å². The van der Waals surface area contributed by atoms with Crippen molar-refractivity contribution in [2.45, 2.75) is 11.3 Å². The third-order valence-corrected chi connectivity index (χ3v) is 4.92. The maximum atomic E-state index is 14.1. The van der Waals surface area contributed by atoms with Crippen LogP contribution in [-0.4, -0.2) is 25.5 Å². The lowest BCUT2D eigenvalue weighted by atomic mass is 10.1. The fourth-order valence-electron chi connectivity index (χ4n) is 2.56. The Labute approximate surface area is 172 Å². The normalized spacial score (nSPS) is 10.9. The van der Waals surface area contributed by atoms with Crippen LogP contribution in [0, 0.1) is 17.1 Å². The van der Waals surface area contributed by atoms with E-state index in [4.69, 9.17) is 15.1 Å². The lowest BCUT2D eigenvalue weighted by Gasteiger charge is -2.12. The van der Waals surface area contributed by atoms with Crippen molar-refractivity contribution in [3.8, 4) is 11.8 Å². The van der Waals surface area contributed by atoms with Crippen LogP contribution in [0.5, 0.6) is 5.75 Å². The van der Waals surface area contributed by atoms with E-state index in [1.807, 2.05) is 0 Å². The highest BCUT2D eigenvalue weighted by atomic mass is 32.2. The Morgan fingerprint density at radius 3 is 2.50 bits per heavy atom. The van der Waals surface area contributed by atoms with Gasteiger partial charge >= 0.3 is 0 Å². The molecule has 0 fully saturated rings. The fraction of sp³-hybridized carbons (Fsp3) is 0.105. The maximum Gasteiger partial charge on any atom is 0.241 e. The summed E-state index contributed by atoms with van der Waals surface area (Å²) in [6.45, 7) is 0.